The number of nitrogens with zero attached hydrogens (tertiary/aromatic N) is 5. The van der Waals surface area contributed by atoms with Crippen LogP contribution < -0.4 is 4.90 Å². The van der Waals surface area contributed by atoms with Gasteiger partial charge in [0.15, 0.2) is 5.82 Å². The molecular weight excluding hydrogens is 304 g/mol. The van der Waals surface area contributed by atoms with Crippen LogP contribution in [0.4, 0.5) is 5.82 Å². The van der Waals surface area contributed by atoms with Crippen molar-refractivity contribution in [2.24, 2.45) is 0 Å². The van der Waals surface area contributed by atoms with Crippen LogP contribution in [-0.2, 0) is 5.41 Å². The summed E-state index contributed by atoms with van der Waals surface area (Å²) in [6.07, 6.45) is 0. The molecular formula is C17H24N6O. The van der Waals surface area contributed by atoms with E-state index in [9.17, 15) is 4.79 Å². The lowest BCUT2D eigenvalue weighted by atomic mass is 9.92. The van der Waals surface area contributed by atoms with Gasteiger partial charge in [0.1, 0.15) is 5.69 Å². The molecule has 1 aliphatic heterocycles. The SMILES string of the molecule is Cc1cc(C(=O)N(C)C2CN(c3ccc(C(C)(C)C)nn3)C2)n[nH]1. The number of rotatable bonds is 3. The van der Waals surface area contributed by atoms with Crippen molar-refractivity contribution in [1.82, 2.24) is 25.3 Å². The summed E-state index contributed by atoms with van der Waals surface area (Å²) in [6.45, 7) is 9.76. The number of nitrogens with one attached hydrogen (secondary N) is 1. The van der Waals surface area contributed by atoms with Crippen molar-refractivity contribution in [3.05, 3.63) is 35.3 Å². The van der Waals surface area contributed by atoms with E-state index >= 15 is 0 Å². The second-order valence-electron chi connectivity index (χ2n) is 7.44. The Kier molecular flexibility index (Phi) is 4.03. The average Bonchev–Trinajstić information content (AvgIpc) is 2.91. The lowest BCUT2D eigenvalue weighted by molar-refractivity contribution is 0.0699. The van der Waals surface area contributed by atoms with E-state index in [1.807, 2.05) is 26.1 Å². The first kappa shape index (κ1) is 16.4. The van der Waals surface area contributed by atoms with Gasteiger partial charge in [-0.1, -0.05) is 20.8 Å². The first-order chi connectivity index (χ1) is 11.3. The highest BCUT2D eigenvalue weighted by Crippen LogP contribution is 2.24. The molecule has 1 saturated heterocycles. The fourth-order valence-electron chi connectivity index (χ4n) is 2.66. The van der Waals surface area contributed by atoms with Crippen LogP contribution in [0.25, 0.3) is 0 Å². The lowest BCUT2D eigenvalue weighted by Crippen LogP contribution is -2.60. The van der Waals surface area contributed by atoms with E-state index in [0.29, 0.717) is 5.69 Å². The van der Waals surface area contributed by atoms with Crippen molar-refractivity contribution in [2.75, 3.05) is 25.0 Å². The molecule has 0 radical (unpaired) electrons. The van der Waals surface area contributed by atoms with Crippen LogP contribution >= 0.6 is 0 Å². The molecule has 1 N–H and O–H groups in total. The van der Waals surface area contributed by atoms with Crippen molar-refractivity contribution in [1.29, 1.82) is 0 Å². The van der Waals surface area contributed by atoms with Crippen molar-refractivity contribution in [2.45, 2.75) is 39.2 Å². The Labute approximate surface area is 142 Å². The molecule has 3 heterocycles. The Morgan fingerprint density at radius 3 is 2.50 bits per heavy atom. The van der Waals surface area contributed by atoms with Gasteiger partial charge in [-0.25, -0.2) is 0 Å². The monoisotopic (exact) mass is 328 g/mol. The van der Waals surface area contributed by atoms with Gasteiger partial charge in [-0.2, -0.15) is 10.2 Å². The molecule has 24 heavy (non-hydrogen) atoms. The number of anilines is 1. The Morgan fingerprint density at radius 1 is 1.29 bits per heavy atom. The number of aromatic nitrogens is 4. The number of aryl methyl sites for hydroxylation is 1. The molecule has 0 atom stereocenters. The van der Waals surface area contributed by atoms with Crippen molar-refractivity contribution in [3.8, 4) is 0 Å². The Morgan fingerprint density at radius 2 is 2.00 bits per heavy atom. The van der Waals surface area contributed by atoms with Gasteiger partial charge in [0.25, 0.3) is 5.91 Å². The smallest absolute Gasteiger partial charge is 0.274 e. The normalized spacial score (nSPS) is 15.3. The molecule has 0 aromatic carbocycles. The van der Waals surface area contributed by atoms with Crippen LogP contribution in [0.2, 0.25) is 0 Å². The van der Waals surface area contributed by atoms with E-state index in [1.165, 1.54) is 0 Å². The number of hydrogen-bond donors (Lipinski definition) is 1. The van der Waals surface area contributed by atoms with Crippen molar-refractivity contribution in [3.63, 3.8) is 0 Å². The van der Waals surface area contributed by atoms with Gasteiger partial charge in [-0.15, -0.1) is 5.10 Å². The summed E-state index contributed by atoms with van der Waals surface area (Å²) in [5.74, 6) is 0.800. The zero-order valence-electron chi connectivity index (χ0n) is 14.9. The molecule has 1 fully saturated rings. The Bertz CT molecular complexity index is 724. The molecule has 0 unspecified atom stereocenters. The van der Waals surface area contributed by atoms with E-state index in [0.717, 1.165) is 30.3 Å². The highest BCUT2D eigenvalue weighted by atomic mass is 16.2. The van der Waals surface area contributed by atoms with Crippen LogP contribution in [0.15, 0.2) is 18.2 Å². The number of likely N-dealkylation sites (N-methyl/N-ethyl adjacent to an activating group) is 1. The molecule has 3 rings (SSSR count). The van der Waals surface area contributed by atoms with Gasteiger partial charge in [0, 0.05) is 31.2 Å². The summed E-state index contributed by atoms with van der Waals surface area (Å²) < 4.78 is 0. The van der Waals surface area contributed by atoms with Crippen LogP contribution in [0, 0.1) is 6.92 Å². The minimum atomic E-state index is -0.0573. The number of aromatic amines is 1. The molecule has 0 bridgehead atoms. The third-order valence-corrected chi connectivity index (χ3v) is 4.40. The summed E-state index contributed by atoms with van der Waals surface area (Å²) in [4.78, 5) is 16.3. The van der Waals surface area contributed by atoms with Crippen LogP contribution in [-0.4, -0.2) is 57.4 Å². The third-order valence-electron chi connectivity index (χ3n) is 4.40. The maximum absolute atomic E-state index is 12.4. The average molecular weight is 328 g/mol. The van der Waals surface area contributed by atoms with E-state index in [4.69, 9.17) is 0 Å². The molecule has 7 heteroatoms. The second kappa shape index (κ2) is 5.89. The van der Waals surface area contributed by atoms with Gasteiger partial charge in [-0.05, 0) is 25.1 Å². The van der Waals surface area contributed by atoms with Gasteiger partial charge >= 0.3 is 0 Å². The van der Waals surface area contributed by atoms with Crippen LogP contribution in [0.5, 0.6) is 0 Å². The van der Waals surface area contributed by atoms with Crippen molar-refractivity contribution < 1.29 is 4.79 Å². The number of carbonyl (C=O) groups is 1. The summed E-state index contributed by atoms with van der Waals surface area (Å²) in [5.41, 5.74) is 2.32. The molecule has 128 valence electrons. The minimum Gasteiger partial charge on any atom is -0.351 e. The second-order valence-corrected chi connectivity index (χ2v) is 7.44. The number of hydrogen-bond acceptors (Lipinski definition) is 5. The highest BCUT2D eigenvalue weighted by Gasteiger charge is 2.34. The van der Waals surface area contributed by atoms with Crippen molar-refractivity contribution >= 4 is 11.7 Å². The quantitative estimate of drug-likeness (QED) is 0.929. The number of H-pyrrole nitrogens is 1. The fraction of sp³-hybridized carbons (Fsp3) is 0.529. The Balaban J connectivity index is 1.59. The molecule has 0 saturated carbocycles. The van der Waals surface area contributed by atoms with Gasteiger partial charge in [0.05, 0.1) is 11.7 Å². The molecule has 7 nitrogen and oxygen atoms in total. The predicted molar refractivity (Wildman–Crippen MR) is 92.2 cm³/mol. The third kappa shape index (κ3) is 3.11. The zero-order chi connectivity index (χ0) is 17.5. The summed E-state index contributed by atoms with van der Waals surface area (Å²) in [7, 11) is 1.82. The largest absolute Gasteiger partial charge is 0.351 e. The first-order valence-electron chi connectivity index (χ1n) is 8.14. The molecule has 0 aliphatic carbocycles. The summed E-state index contributed by atoms with van der Waals surface area (Å²) in [5, 5.41) is 15.5. The van der Waals surface area contributed by atoms with E-state index < -0.39 is 0 Å². The molecule has 2 aromatic heterocycles. The first-order valence-corrected chi connectivity index (χ1v) is 8.14. The maximum atomic E-state index is 12.4. The van der Waals surface area contributed by atoms with Crippen LogP contribution in [0.1, 0.15) is 42.6 Å². The maximum Gasteiger partial charge on any atom is 0.274 e. The Hall–Kier alpha value is -2.44. The molecule has 0 spiro atoms. The number of amides is 1. The van der Waals surface area contributed by atoms with Gasteiger partial charge in [0.2, 0.25) is 0 Å². The topological polar surface area (TPSA) is 78.0 Å². The molecule has 2 aromatic rings. The zero-order valence-corrected chi connectivity index (χ0v) is 14.9. The van der Waals surface area contributed by atoms with E-state index in [1.54, 1.807) is 11.0 Å². The standard InChI is InChI=1S/C17H24N6O/c1-11-8-13(19-18-11)16(24)22(5)12-9-23(10-12)15-7-6-14(20-21-15)17(2,3)4/h6-8,12H,9-10H2,1-5H3,(H,18,19). The van der Waals surface area contributed by atoms with Crippen LogP contribution in [0.3, 0.4) is 0 Å². The summed E-state index contributed by atoms with van der Waals surface area (Å²) in [6, 6.07) is 5.96. The van der Waals surface area contributed by atoms with Gasteiger partial charge < -0.3 is 9.80 Å². The highest BCUT2D eigenvalue weighted by molar-refractivity contribution is 5.92. The van der Waals surface area contributed by atoms with E-state index in [-0.39, 0.29) is 17.4 Å². The fourth-order valence-corrected chi connectivity index (χ4v) is 2.66. The van der Waals surface area contributed by atoms with E-state index in [2.05, 4.69) is 46.1 Å². The molecule has 1 amide bonds. The predicted octanol–water partition coefficient (Wildman–Crippen LogP) is 1.77. The van der Waals surface area contributed by atoms with Gasteiger partial charge in [-0.3, -0.25) is 9.89 Å². The lowest BCUT2D eigenvalue weighted by Gasteiger charge is -2.44. The summed E-state index contributed by atoms with van der Waals surface area (Å²) >= 11 is 0. The molecule has 1 aliphatic rings. The minimum absolute atomic E-state index is 0.00264. The number of carbonyl (C=O) groups excluding carboxylic acids is 1.